The van der Waals surface area contributed by atoms with Gasteiger partial charge in [0.2, 0.25) is 0 Å². The predicted octanol–water partition coefficient (Wildman–Crippen LogP) is 2.33. The molecule has 0 spiro atoms. The number of nitrogens with one attached hydrogen (secondary N) is 2. The molecule has 0 unspecified atom stereocenters. The largest absolute Gasteiger partial charge is 0.452 e. The van der Waals surface area contributed by atoms with Crippen LogP contribution in [0.4, 0.5) is 9.18 Å². The van der Waals surface area contributed by atoms with E-state index in [1.54, 1.807) is 6.07 Å². The van der Waals surface area contributed by atoms with Crippen molar-refractivity contribution in [3.05, 3.63) is 71.5 Å². The van der Waals surface area contributed by atoms with Gasteiger partial charge >= 0.3 is 12.0 Å². The summed E-state index contributed by atoms with van der Waals surface area (Å²) in [7, 11) is 0. The highest BCUT2D eigenvalue weighted by Gasteiger charge is 2.20. The Morgan fingerprint density at radius 3 is 2.38 bits per heavy atom. The molecule has 0 fully saturated rings. The number of esters is 1. The predicted molar refractivity (Wildman–Crippen MR) is 92.5 cm³/mol. The third kappa shape index (κ3) is 6.01. The maximum atomic E-state index is 13.5. The van der Waals surface area contributed by atoms with Crippen molar-refractivity contribution in [1.82, 2.24) is 10.6 Å². The zero-order chi connectivity index (χ0) is 18.9. The van der Waals surface area contributed by atoms with Gasteiger partial charge in [-0.05, 0) is 24.1 Å². The maximum Gasteiger partial charge on any atom is 0.321 e. The Labute approximate surface area is 150 Å². The molecule has 2 aromatic rings. The van der Waals surface area contributed by atoms with E-state index in [0.717, 1.165) is 5.56 Å². The summed E-state index contributed by atoms with van der Waals surface area (Å²) in [6, 6.07) is 14.3. The lowest BCUT2D eigenvalue weighted by molar-refractivity contribution is -0.153. The fourth-order valence-electron chi connectivity index (χ4n) is 2.13. The molecule has 2 rings (SSSR count). The van der Waals surface area contributed by atoms with Gasteiger partial charge in [0.1, 0.15) is 5.82 Å². The van der Waals surface area contributed by atoms with Crippen molar-refractivity contribution in [2.45, 2.75) is 26.0 Å². The Kier molecular flexibility index (Phi) is 6.84. The van der Waals surface area contributed by atoms with Crippen LogP contribution in [-0.4, -0.2) is 24.0 Å². The lowest BCUT2D eigenvalue weighted by Crippen LogP contribution is -2.44. The number of halogens is 1. The van der Waals surface area contributed by atoms with Crippen LogP contribution in [0.3, 0.4) is 0 Å². The number of ether oxygens (including phenoxy) is 1. The first-order chi connectivity index (χ1) is 12.5. The number of carbonyl (C=O) groups excluding carboxylic acids is 3. The van der Waals surface area contributed by atoms with Gasteiger partial charge in [-0.3, -0.25) is 14.9 Å². The quantitative estimate of drug-likeness (QED) is 0.776. The molecule has 0 aliphatic rings. The summed E-state index contributed by atoms with van der Waals surface area (Å²) in [6.07, 6.45) is -1.48. The minimum Gasteiger partial charge on any atom is -0.452 e. The highest BCUT2D eigenvalue weighted by Crippen LogP contribution is 2.08. The second-order valence-electron chi connectivity index (χ2n) is 5.56. The average Bonchev–Trinajstić information content (AvgIpc) is 2.62. The Morgan fingerprint density at radius 1 is 1.04 bits per heavy atom. The molecule has 136 valence electrons. The third-order valence-corrected chi connectivity index (χ3v) is 3.50. The van der Waals surface area contributed by atoms with Gasteiger partial charge in [0.15, 0.2) is 6.10 Å². The molecule has 0 saturated heterocycles. The standard InChI is InChI=1S/C19H19FN2O4/c1-13(26-17(23)11-15-9-5-6-10-16(15)20)18(24)22-19(25)21-12-14-7-3-2-4-8-14/h2-10,13H,11-12H2,1H3,(H2,21,22,24,25)/t13-/m0/s1. The van der Waals surface area contributed by atoms with Crippen LogP contribution in [0.25, 0.3) is 0 Å². The molecule has 2 N–H and O–H groups in total. The van der Waals surface area contributed by atoms with Crippen molar-refractivity contribution in [3.63, 3.8) is 0 Å². The molecule has 0 aliphatic carbocycles. The molecule has 0 radical (unpaired) electrons. The van der Waals surface area contributed by atoms with Gasteiger partial charge in [0.05, 0.1) is 6.42 Å². The van der Waals surface area contributed by atoms with Gasteiger partial charge in [-0.1, -0.05) is 48.5 Å². The lowest BCUT2D eigenvalue weighted by Gasteiger charge is -2.13. The monoisotopic (exact) mass is 358 g/mol. The van der Waals surface area contributed by atoms with Crippen LogP contribution in [0.15, 0.2) is 54.6 Å². The number of benzene rings is 2. The van der Waals surface area contributed by atoms with E-state index in [1.807, 2.05) is 30.3 Å². The topological polar surface area (TPSA) is 84.5 Å². The molecule has 0 aliphatic heterocycles. The number of imide groups is 1. The smallest absolute Gasteiger partial charge is 0.321 e. The summed E-state index contributed by atoms with van der Waals surface area (Å²) in [6.45, 7) is 1.58. The summed E-state index contributed by atoms with van der Waals surface area (Å²) in [5.41, 5.74) is 1.05. The van der Waals surface area contributed by atoms with Crippen LogP contribution in [0.2, 0.25) is 0 Å². The van der Waals surface area contributed by atoms with Crippen molar-refractivity contribution in [3.8, 4) is 0 Å². The molecular weight excluding hydrogens is 339 g/mol. The minimum atomic E-state index is -1.18. The fraction of sp³-hybridized carbons (Fsp3) is 0.211. The minimum absolute atomic E-state index is 0.172. The number of carbonyl (C=O) groups is 3. The molecule has 3 amide bonds. The number of amides is 3. The van der Waals surface area contributed by atoms with Crippen molar-refractivity contribution >= 4 is 17.9 Å². The highest BCUT2D eigenvalue weighted by molar-refractivity contribution is 5.97. The number of urea groups is 1. The molecule has 7 heteroatoms. The molecule has 0 bridgehead atoms. The van der Waals surface area contributed by atoms with E-state index in [-0.39, 0.29) is 18.5 Å². The van der Waals surface area contributed by atoms with Gasteiger partial charge in [-0.15, -0.1) is 0 Å². The summed E-state index contributed by atoms with van der Waals surface area (Å²) >= 11 is 0. The van der Waals surface area contributed by atoms with Gasteiger partial charge in [0.25, 0.3) is 5.91 Å². The first kappa shape index (κ1) is 19.1. The van der Waals surface area contributed by atoms with E-state index in [1.165, 1.54) is 25.1 Å². The molecular formula is C19H19FN2O4. The van der Waals surface area contributed by atoms with Crippen LogP contribution in [0.5, 0.6) is 0 Å². The van der Waals surface area contributed by atoms with E-state index in [9.17, 15) is 18.8 Å². The van der Waals surface area contributed by atoms with Crippen LogP contribution in [0, 0.1) is 5.82 Å². The fourth-order valence-corrected chi connectivity index (χ4v) is 2.13. The number of hydrogen-bond acceptors (Lipinski definition) is 4. The normalized spacial score (nSPS) is 11.3. The van der Waals surface area contributed by atoms with Crippen molar-refractivity contribution in [2.24, 2.45) is 0 Å². The second kappa shape index (κ2) is 9.31. The zero-order valence-electron chi connectivity index (χ0n) is 14.2. The molecule has 1 atom stereocenters. The number of hydrogen-bond donors (Lipinski definition) is 2. The zero-order valence-corrected chi connectivity index (χ0v) is 14.2. The third-order valence-electron chi connectivity index (χ3n) is 3.50. The Bertz CT molecular complexity index is 780. The van der Waals surface area contributed by atoms with E-state index in [4.69, 9.17) is 4.74 Å². The molecule has 0 saturated carbocycles. The van der Waals surface area contributed by atoms with E-state index >= 15 is 0 Å². The van der Waals surface area contributed by atoms with Crippen LogP contribution < -0.4 is 10.6 Å². The van der Waals surface area contributed by atoms with Crippen molar-refractivity contribution in [1.29, 1.82) is 0 Å². The first-order valence-corrected chi connectivity index (χ1v) is 8.01. The molecule has 6 nitrogen and oxygen atoms in total. The molecule has 26 heavy (non-hydrogen) atoms. The lowest BCUT2D eigenvalue weighted by atomic mass is 10.1. The van der Waals surface area contributed by atoms with E-state index < -0.39 is 29.8 Å². The second-order valence-corrected chi connectivity index (χ2v) is 5.56. The summed E-state index contributed by atoms with van der Waals surface area (Å²) < 4.78 is 18.4. The van der Waals surface area contributed by atoms with Crippen LogP contribution in [-0.2, 0) is 27.3 Å². The van der Waals surface area contributed by atoms with E-state index in [2.05, 4.69) is 10.6 Å². The van der Waals surface area contributed by atoms with Gasteiger partial charge in [-0.2, -0.15) is 0 Å². The average molecular weight is 358 g/mol. The van der Waals surface area contributed by atoms with Crippen molar-refractivity contribution in [2.75, 3.05) is 0 Å². The van der Waals surface area contributed by atoms with E-state index in [0.29, 0.717) is 0 Å². The van der Waals surface area contributed by atoms with Gasteiger partial charge < -0.3 is 10.1 Å². The first-order valence-electron chi connectivity index (χ1n) is 8.01. The Morgan fingerprint density at radius 2 is 1.69 bits per heavy atom. The highest BCUT2D eigenvalue weighted by atomic mass is 19.1. The SMILES string of the molecule is C[C@H](OC(=O)Cc1ccccc1F)C(=O)NC(=O)NCc1ccccc1. The molecule has 0 aromatic heterocycles. The van der Waals surface area contributed by atoms with Crippen LogP contribution in [0.1, 0.15) is 18.1 Å². The van der Waals surface area contributed by atoms with Gasteiger partial charge in [-0.25, -0.2) is 9.18 Å². The summed E-state index contributed by atoms with van der Waals surface area (Å²) in [5, 5.41) is 4.61. The Hall–Kier alpha value is -3.22. The summed E-state index contributed by atoms with van der Waals surface area (Å²) in [4.78, 5) is 35.4. The molecule has 0 heterocycles. The van der Waals surface area contributed by atoms with Gasteiger partial charge in [0, 0.05) is 6.54 Å². The Balaban J connectivity index is 1.76. The number of rotatable bonds is 6. The maximum absolute atomic E-state index is 13.5. The van der Waals surface area contributed by atoms with Crippen LogP contribution >= 0.6 is 0 Å². The summed E-state index contributed by atoms with van der Waals surface area (Å²) in [5.74, 6) is -2.05. The van der Waals surface area contributed by atoms with Crippen molar-refractivity contribution < 1.29 is 23.5 Å². The molecule has 2 aromatic carbocycles.